The second-order valence-corrected chi connectivity index (χ2v) is 5.76. The van der Waals surface area contributed by atoms with Gasteiger partial charge < -0.3 is 9.67 Å². The van der Waals surface area contributed by atoms with Crippen molar-refractivity contribution in [3.05, 3.63) is 30.1 Å². The van der Waals surface area contributed by atoms with Crippen LogP contribution in [0.1, 0.15) is 37.6 Å². The van der Waals surface area contributed by atoms with Gasteiger partial charge in [-0.1, -0.05) is 20.8 Å². The quantitative estimate of drug-likeness (QED) is 0.905. The summed E-state index contributed by atoms with van der Waals surface area (Å²) in [6.45, 7) is 7.50. The van der Waals surface area contributed by atoms with E-state index in [0.29, 0.717) is 0 Å². The third-order valence-electron chi connectivity index (χ3n) is 2.97. The average Bonchev–Trinajstić information content (AvgIpc) is 2.67. The summed E-state index contributed by atoms with van der Waals surface area (Å²) in [4.78, 5) is 15.1. The molecule has 0 unspecified atom stereocenters. The number of aryl methyl sites for hydroxylation is 1. The Morgan fingerprint density at radius 1 is 1.39 bits per heavy atom. The Hall–Kier alpha value is -1.84. The second-order valence-electron chi connectivity index (χ2n) is 5.76. The molecule has 0 atom stereocenters. The van der Waals surface area contributed by atoms with E-state index in [1.807, 2.05) is 6.07 Å². The largest absolute Gasteiger partial charge is 0.478 e. The Kier molecular flexibility index (Phi) is 3.11. The topological polar surface area (TPSA) is 55.1 Å². The molecule has 0 amide bonds. The highest BCUT2D eigenvalue weighted by atomic mass is 16.4. The molecule has 0 bridgehead atoms. The Morgan fingerprint density at radius 3 is 2.72 bits per heavy atom. The average molecular weight is 246 g/mol. The van der Waals surface area contributed by atoms with Crippen LogP contribution in [0.25, 0.3) is 11.0 Å². The Balaban J connectivity index is 2.29. The minimum Gasteiger partial charge on any atom is -0.478 e. The number of aromatic nitrogens is 2. The van der Waals surface area contributed by atoms with Crippen molar-refractivity contribution in [3.63, 3.8) is 0 Å². The van der Waals surface area contributed by atoms with E-state index in [2.05, 4.69) is 30.3 Å². The maximum Gasteiger partial charge on any atom is 0.335 e. The van der Waals surface area contributed by atoms with Crippen LogP contribution < -0.4 is 0 Å². The van der Waals surface area contributed by atoms with E-state index < -0.39 is 5.97 Å². The maximum absolute atomic E-state index is 10.9. The molecule has 18 heavy (non-hydrogen) atoms. The lowest BCUT2D eigenvalue weighted by atomic mass is 9.92. The number of carboxylic acids is 1. The molecular formula is C14H18N2O2. The van der Waals surface area contributed by atoms with Crippen LogP contribution in [0.4, 0.5) is 0 Å². The predicted octanol–water partition coefficient (Wildman–Crippen LogP) is 3.17. The first kappa shape index (κ1) is 12.6. The zero-order chi connectivity index (χ0) is 13.3. The highest BCUT2D eigenvalue weighted by Crippen LogP contribution is 2.22. The SMILES string of the molecule is CC(C)(C)CCn1cnc2cc(C(=O)O)ccc21. The summed E-state index contributed by atoms with van der Waals surface area (Å²) in [7, 11) is 0. The zero-order valence-electron chi connectivity index (χ0n) is 11.0. The molecule has 96 valence electrons. The molecule has 2 aromatic rings. The molecular weight excluding hydrogens is 228 g/mol. The van der Waals surface area contributed by atoms with Crippen molar-refractivity contribution >= 4 is 17.0 Å². The van der Waals surface area contributed by atoms with Crippen molar-refractivity contribution in [1.29, 1.82) is 0 Å². The van der Waals surface area contributed by atoms with Gasteiger partial charge in [0.2, 0.25) is 0 Å². The summed E-state index contributed by atoms with van der Waals surface area (Å²) < 4.78 is 2.08. The van der Waals surface area contributed by atoms with Crippen molar-refractivity contribution in [3.8, 4) is 0 Å². The molecule has 1 heterocycles. The number of fused-ring (bicyclic) bond motifs is 1. The molecule has 0 saturated heterocycles. The fraction of sp³-hybridized carbons (Fsp3) is 0.429. The summed E-state index contributed by atoms with van der Waals surface area (Å²) in [5.74, 6) is -0.916. The minimum absolute atomic E-state index is 0.275. The van der Waals surface area contributed by atoms with Crippen molar-refractivity contribution in [1.82, 2.24) is 9.55 Å². The van der Waals surface area contributed by atoms with Gasteiger partial charge in [0, 0.05) is 6.54 Å². The molecule has 0 aliphatic rings. The van der Waals surface area contributed by atoms with E-state index in [1.54, 1.807) is 18.5 Å². The first-order valence-corrected chi connectivity index (χ1v) is 6.05. The fourth-order valence-corrected chi connectivity index (χ4v) is 1.83. The van der Waals surface area contributed by atoms with Gasteiger partial charge in [0.15, 0.2) is 0 Å². The molecule has 0 radical (unpaired) electrons. The molecule has 4 nitrogen and oxygen atoms in total. The minimum atomic E-state index is -0.916. The van der Waals surface area contributed by atoms with Crippen LogP contribution in [-0.2, 0) is 6.54 Å². The molecule has 0 saturated carbocycles. The number of benzene rings is 1. The van der Waals surface area contributed by atoms with Crippen LogP contribution in [0.5, 0.6) is 0 Å². The van der Waals surface area contributed by atoms with Crippen molar-refractivity contribution in [2.24, 2.45) is 5.41 Å². The molecule has 0 aliphatic heterocycles. The maximum atomic E-state index is 10.9. The van der Waals surface area contributed by atoms with Gasteiger partial charge in [0.1, 0.15) is 0 Å². The fourth-order valence-electron chi connectivity index (χ4n) is 1.83. The molecule has 1 aromatic carbocycles. The monoisotopic (exact) mass is 246 g/mol. The van der Waals surface area contributed by atoms with Gasteiger partial charge in [0.05, 0.1) is 22.9 Å². The third kappa shape index (κ3) is 2.70. The zero-order valence-corrected chi connectivity index (χ0v) is 11.0. The number of nitrogens with zero attached hydrogens (tertiary/aromatic N) is 2. The van der Waals surface area contributed by atoms with E-state index in [0.717, 1.165) is 24.0 Å². The van der Waals surface area contributed by atoms with Crippen molar-refractivity contribution in [2.45, 2.75) is 33.7 Å². The lowest BCUT2D eigenvalue weighted by Gasteiger charge is -2.18. The van der Waals surface area contributed by atoms with Gasteiger partial charge >= 0.3 is 5.97 Å². The normalized spacial score (nSPS) is 11.9. The number of carbonyl (C=O) groups is 1. The van der Waals surface area contributed by atoms with Crippen LogP contribution >= 0.6 is 0 Å². The van der Waals surface area contributed by atoms with Gasteiger partial charge in [-0.05, 0) is 30.0 Å². The highest BCUT2D eigenvalue weighted by molar-refractivity contribution is 5.92. The Bertz CT molecular complexity index is 579. The van der Waals surface area contributed by atoms with Crippen LogP contribution in [0.15, 0.2) is 24.5 Å². The van der Waals surface area contributed by atoms with Crippen molar-refractivity contribution < 1.29 is 9.90 Å². The van der Waals surface area contributed by atoms with Crippen LogP contribution in [-0.4, -0.2) is 20.6 Å². The molecule has 4 heteroatoms. The van der Waals surface area contributed by atoms with Gasteiger partial charge in [-0.2, -0.15) is 0 Å². The number of hydrogen-bond acceptors (Lipinski definition) is 2. The molecule has 0 spiro atoms. The summed E-state index contributed by atoms with van der Waals surface area (Å²) in [5.41, 5.74) is 2.29. The molecule has 2 rings (SSSR count). The first-order chi connectivity index (χ1) is 8.37. The van der Waals surface area contributed by atoms with E-state index in [4.69, 9.17) is 5.11 Å². The lowest BCUT2D eigenvalue weighted by Crippen LogP contribution is -2.09. The predicted molar refractivity (Wildman–Crippen MR) is 70.8 cm³/mol. The smallest absolute Gasteiger partial charge is 0.335 e. The second kappa shape index (κ2) is 4.44. The van der Waals surface area contributed by atoms with Crippen molar-refractivity contribution in [2.75, 3.05) is 0 Å². The summed E-state index contributed by atoms with van der Waals surface area (Å²) in [5, 5.41) is 8.93. The van der Waals surface area contributed by atoms with Gasteiger partial charge in [-0.25, -0.2) is 9.78 Å². The molecule has 0 aliphatic carbocycles. The summed E-state index contributed by atoms with van der Waals surface area (Å²) in [6.07, 6.45) is 2.83. The first-order valence-electron chi connectivity index (χ1n) is 6.05. The molecule has 0 fully saturated rings. The molecule has 1 aromatic heterocycles. The third-order valence-corrected chi connectivity index (χ3v) is 2.97. The number of hydrogen-bond donors (Lipinski definition) is 1. The lowest BCUT2D eigenvalue weighted by molar-refractivity contribution is 0.0697. The van der Waals surface area contributed by atoms with Crippen LogP contribution in [0.2, 0.25) is 0 Å². The summed E-state index contributed by atoms with van der Waals surface area (Å²) >= 11 is 0. The number of rotatable bonds is 3. The Labute approximate surface area is 106 Å². The number of aromatic carboxylic acids is 1. The van der Waals surface area contributed by atoms with E-state index in [1.165, 1.54) is 0 Å². The van der Waals surface area contributed by atoms with Crippen LogP contribution in [0, 0.1) is 5.41 Å². The number of carboxylic acid groups (broad SMARTS) is 1. The van der Waals surface area contributed by atoms with Gasteiger partial charge in [-0.3, -0.25) is 0 Å². The van der Waals surface area contributed by atoms with Gasteiger partial charge in [0.25, 0.3) is 0 Å². The van der Waals surface area contributed by atoms with Crippen LogP contribution in [0.3, 0.4) is 0 Å². The standard InChI is InChI=1S/C14H18N2O2/c1-14(2,3)6-7-16-9-15-11-8-10(13(17)18)4-5-12(11)16/h4-5,8-9H,6-7H2,1-3H3,(H,17,18). The van der Waals surface area contributed by atoms with Gasteiger partial charge in [-0.15, -0.1) is 0 Å². The summed E-state index contributed by atoms with van der Waals surface area (Å²) in [6, 6.07) is 5.07. The van der Waals surface area contributed by atoms with E-state index in [-0.39, 0.29) is 11.0 Å². The number of imidazole rings is 1. The highest BCUT2D eigenvalue weighted by Gasteiger charge is 2.12. The molecule has 1 N–H and O–H groups in total. The Morgan fingerprint density at radius 2 is 2.11 bits per heavy atom. The van der Waals surface area contributed by atoms with E-state index >= 15 is 0 Å². The van der Waals surface area contributed by atoms with E-state index in [9.17, 15) is 4.79 Å².